The number of carbonyl (C=O) groups excluding carboxylic acids is 1. The Bertz CT molecular complexity index is 342. The number of anilines is 1. The Morgan fingerprint density at radius 1 is 1.57 bits per heavy atom. The highest BCUT2D eigenvalue weighted by Crippen LogP contribution is 2.19. The van der Waals surface area contributed by atoms with Crippen molar-refractivity contribution in [2.24, 2.45) is 5.73 Å². The van der Waals surface area contributed by atoms with Gasteiger partial charge in [-0.3, -0.25) is 4.79 Å². The van der Waals surface area contributed by atoms with Gasteiger partial charge in [-0.05, 0) is 17.7 Å². The molecule has 0 saturated heterocycles. The second-order valence-electron chi connectivity index (χ2n) is 2.69. The first-order chi connectivity index (χ1) is 6.72. The Kier molecular flexibility index (Phi) is 3.55. The number of aliphatic hydroxyl groups excluding tert-OH is 1. The summed E-state index contributed by atoms with van der Waals surface area (Å²) >= 11 is 0. The van der Waals surface area contributed by atoms with Crippen molar-refractivity contribution in [3.05, 3.63) is 29.1 Å². The Balaban J connectivity index is 3.16. The molecule has 0 saturated carbocycles. The molecule has 1 aromatic rings. The molecule has 0 aliphatic rings. The van der Waals surface area contributed by atoms with Crippen LogP contribution < -0.4 is 11.1 Å². The zero-order valence-electron chi connectivity index (χ0n) is 7.46. The Hall–Kier alpha value is -1.46. The summed E-state index contributed by atoms with van der Waals surface area (Å²) in [5, 5.41) is 11.2. The molecule has 0 spiro atoms. The summed E-state index contributed by atoms with van der Waals surface area (Å²) in [6, 6.07) is 2.50. The third kappa shape index (κ3) is 2.07. The van der Waals surface area contributed by atoms with Crippen LogP contribution in [-0.4, -0.2) is 18.1 Å². The molecular weight excluding hydrogens is 187 g/mol. The Labute approximate surface area is 80.5 Å². The van der Waals surface area contributed by atoms with Crippen LogP contribution in [0.3, 0.4) is 0 Å². The first-order valence-corrected chi connectivity index (χ1v) is 4.05. The molecule has 0 amide bonds. The van der Waals surface area contributed by atoms with Crippen LogP contribution >= 0.6 is 0 Å². The monoisotopic (exact) mass is 198 g/mol. The van der Waals surface area contributed by atoms with Gasteiger partial charge < -0.3 is 16.2 Å². The smallest absolute Gasteiger partial charge is 0.153 e. The molecule has 0 radical (unpaired) electrons. The Morgan fingerprint density at radius 3 is 2.79 bits per heavy atom. The lowest BCUT2D eigenvalue weighted by molar-refractivity contribution is 0.112. The van der Waals surface area contributed by atoms with Gasteiger partial charge in [0.2, 0.25) is 0 Å². The van der Waals surface area contributed by atoms with Crippen molar-refractivity contribution in [3.8, 4) is 0 Å². The third-order valence-electron chi connectivity index (χ3n) is 1.84. The van der Waals surface area contributed by atoms with Crippen molar-refractivity contribution in [2.45, 2.75) is 6.54 Å². The molecule has 1 rings (SSSR count). The lowest BCUT2D eigenvalue weighted by Crippen LogP contribution is -2.08. The molecular formula is C9H11FN2O2. The van der Waals surface area contributed by atoms with E-state index in [-0.39, 0.29) is 18.8 Å². The number of aliphatic hydroxyl groups is 1. The zero-order valence-corrected chi connectivity index (χ0v) is 7.46. The number of hydrogen-bond acceptors (Lipinski definition) is 4. The number of aldehydes is 1. The number of nitrogens with two attached hydrogens (primary N) is 1. The maximum Gasteiger partial charge on any atom is 0.153 e. The van der Waals surface area contributed by atoms with E-state index in [4.69, 9.17) is 10.8 Å². The number of halogens is 1. The van der Waals surface area contributed by atoms with Gasteiger partial charge in [-0.2, -0.15) is 0 Å². The number of carbonyl (C=O) groups is 1. The van der Waals surface area contributed by atoms with E-state index in [0.29, 0.717) is 17.5 Å². The van der Waals surface area contributed by atoms with Crippen molar-refractivity contribution in [1.82, 2.24) is 0 Å². The summed E-state index contributed by atoms with van der Waals surface area (Å²) in [4.78, 5) is 10.4. The van der Waals surface area contributed by atoms with Gasteiger partial charge in [-0.1, -0.05) is 0 Å². The van der Waals surface area contributed by atoms with Crippen LogP contribution in [0.2, 0.25) is 0 Å². The van der Waals surface area contributed by atoms with Gasteiger partial charge in [-0.25, -0.2) is 4.39 Å². The summed E-state index contributed by atoms with van der Waals surface area (Å²) in [6.45, 7) is -0.143. The molecule has 76 valence electrons. The van der Waals surface area contributed by atoms with E-state index in [1.165, 1.54) is 6.07 Å². The fourth-order valence-electron chi connectivity index (χ4n) is 1.15. The fraction of sp³-hybridized carbons (Fsp3) is 0.222. The third-order valence-corrected chi connectivity index (χ3v) is 1.84. The van der Waals surface area contributed by atoms with Crippen LogP contribution in [0.1, 0.15) is 15.9 Å². The van der Waals surface area contributed by atoms with Crippen molar-refractivity contribution in [1.29, 1.82) is 0 Å². The summed E-state index contributed by atoms with van der Waals surface area (Å²) in [5.41, 5.74) is 6.35. The second kappa shape index (κ2) is 4.69. The molecule has 4 nitrogen and oxygen atoms in total. The number of nitrogens with one attached hydrogen (secondary N) is 1. The molecule has 0 atom stereocenters. The van der Waals surface area contributed by atoms with Gasteiger partial charge in [0.15, 0.2) is 6.29 Å². The highest BCUT2D eigenvalue weighted by molar-refractivity contribution is 5.77. The lowest BCUT2D eigenvalue weighted by atomic mass is 10.1. The molecule has 0 aliphatic heterocycles. The summed E-state index contributed by atoms with van der Waals surface area (Å²) in [6.07, 6.45) is 0.428. The van der Waals surface area contributed by atoms with Gasteiger partial charge >= 0.3 is 0 Å². The minimum Gasteiger partial charge on any atom is -0.377 e. The second-order valence-corrected chi connectivity index (χ2v) is 2.69. The number of benzene rings is 1. The van der Waals surface area contributed by atoms with Crippen LogP contribution in [0.25, 0.3) is 0 Å². The topological polar surface area (TPSA) is 75.4 Å². The van der Waals surface area contributed by atoms with Crippen LogP contribution in [0, 0.1) is 5.82 Å². The van der Waals surface area contributed by atoms with Gasteiger partial charge in [-0.15, -0.1) is 0 Å². The standard InChI is InChI=1S/C9H11FN2O2/c10-8-2-9(12-5-14)6(3-11)1-7(8)4-13/h1-2,4,12,14H,3,5,11H2. The van der Waals surface area contributed by atoms with Crippen LogP contribution in [-0.2, 0) is 6.54 Å². The molecule has 0 aromatic heterocycles. The SMILES string of the molecule is NCc1cc(C=O)c(F)cc1NCO. The molecule has 0 aliphatic carbocycles. The van der Waals surface area contributed by atoms with Crippen LogP contribution in [0.5, 0.6) is 0 Å². The van der Waals surface area contributed by atoms with Crippen molar-refractivity contribution >= 4 is 12.0 Å². The molecule has 4 N–H and O–H groups in total. The largest absolute Gasteiger partial charge is 0.377 e. The zero-order chi connectivity index (χ0) is 10.6. The lowest BCUT2D eigenvalue weighted by Gasteiger charge is -2.09. The first-order valence-electron chi connectivity index (χ1n) is 4.05. The number of hydrogen-bond donors (Lipinski definition) is 3. The molecule has 0 heterocycles. The van der Waals surface area contributed by atoms with E-state index >= 15 is 0 Å². The summed E-state index contributed by atoms with van der Waals surface area (Å²) in [7, 11) is 0. The first kappa shape index (κ1) is 10.6. The minimum absolute atomic E-state index is 0.0334. The highest BCUT2D eigenvalue weighted by atomic mass is 19.1. The summed E-state index contributed by atoms with van der Waals surface area (Å²) < 4.78 is 13.1. The van der Waals surface area contributed by atoms with Crippen LogP contribution in [0.15, 0.2) is 12.1 Å². The normalized spacial score (nSPS) is 9.93. The predicted molar refractivity (Wildman–Crippen MR) is 50.4 cm³/mol. The van der Waals surface area contributed by atoms with Gasteiger partial charge in [0.25, 0.3) is 0 Å². The average molecular weight is 198 g/mol. The van der Waals surface area contributed by atoms with Crippen molar-refractivity contribution in [2.75, 3.05) is 12.0 Å². The van der Waals surface area contributed by atoms with Gasteiger partial charge in [0.05, 0.1) is 5.56 Å². The van der Waals surface area contributed by atoms with E-state index in [2.05, 4.69) is 5.32 Å². The summed E-state index contributed by atoms with van der Waals surface area (Å²) in [5.74, 6) is -0.631. The Morgan fingerprint density at radius 2 is 2.29 bits per heavy atom. The molecule has 1 aromatic carbocycles. The molecule has 0 fully saturated rings. The average Bonchev–Trinajstić information content (AvgIpc) is 2.19. The fourth-order valence-corrected chi connectivity index (χ4v) is 1.15. The maximum absolute atomic E-state index is 13.1. The molecule has 0 unspecified atom stereocenters. The molecule has 14 heavy (non-hydrogen) atoms. The van der Waals surface area contributed by atoms with E-state index in [9.17, 15) is 9.18 Å². The van der Waals surface area contributed by atoms with Gasteiger partial charge in [0, 0.05) is 12.2 Å². The molecule has 0 bridgehead atoms. The van der Waals surface area contributed by atoms with Gasteiger partial charge in [0.1, 0.15) is 12.5 Å². The quantitative estimate of drug-likeness (QED) is 0.485. The highest BCUT2D eigenvalue weighted by Gasteiger charge is 2.07. The minimum atomic E-state index is -0.631. The van der Waals surface area contributed by atoms with E-state index in [1.807, 2.05) is 0 Å². The van der Waals surface area contributed by atoms with Crippen LogP contribution in [0.4, 0.5) is 10.1 Å². The van der Waals surface area contributed by atoms with Crippen molar-refractivity contribution in [3.63, 3.8) is 0 Å². The van der Waals surface area contributed by atoms with E-state index < -0.39 is 5.82 Å². The van der Waals surface area contributed by atoms with E-state index in [1.54, 1.807) is 0 Å². The molecule has 5 heteroatoms. The number of rotatable bonds is 4. The maximum atomic E-state index is 13.1. The predicted octanol–water partition coefficient (Wildman–Crippen LogP) is 0.459. The van der Waals surface area contributed by atoms with E-state index in [0.717, 1.165) is 6.07 Å². The van der Waals surface area contributed by atoms with Crippen molar-refractivity contribution < 1.29 is 14.3 Å².